The molecule has 3 aromatic rings. The van der Waals surface area contributed by atoms with Gasteiger partial charge in [0.25, 0.3) is 5.91 Å². The van der Waals surface area contributed by atoms with E-state index in [-0.39, 0.29) is 11.9 Å². The highest BCUT2D eigenvalue weighted by molar-refractivity contribution is 7.10. The molecule has 0 aromatic carbocycles. The summed E-state index contributed by atoms with van der Waals surface area (Å²) in [6, 6.07) is 4.02. The summed E-state index contributed by atoms with van der Waals surface area (Å²) >= 11 is 1.68. The number of thiophene rings is 1. The SMILES string of the molecule is Cc1noc(C)c1CN1CCc2c(C(=O)N[C@H](C)Cc3cccnc3)csc2C1. The average Bonchev–Trinajstić information content (AvgIpc) is 3.27. The van der Waals surface area contributed by atoms with Crippen LogP contribution in [0.2, 0.25) is 0 Å². The summed E-state index contributed by atoms with van der Waals surface area (Å²) in [5.74, 6) is 0.917. The van der Waals surface area contributed by atoms with Gasteiger partial charge in [-0.3, -0.25) is 14.7 Å². The molecular weight excluding hydrogens is 384 g/mol. The minimum Gasteiger partial charge on any atom is -0.361 e. The fraction of sp³-hybridized carbons (Fsp3) is 0.409. The first-order valence-corrected chi connectivity index (χ1v) is 10.8. The second-order valence-corrected chi connectivity index (χ2v) is 8.72. The number of pyridine rings is 1. The van der Waals surface area contributed by atoms with E-state index in [1.165, 1.54) is 16.0 Å². The van der Waals surface area contributed by atoms with Crippen LogP contribution in [0, 0.1) is 13.8 Å². The molecule has 152 valence electrons. The third kappa shape index (κ3) is 4.41. The van der Waals surface area contributed by atoms with Crippen molar-refractivity contribution in [1.29, 1.82) is 0 Å². The van der Waals surface area contributed by atoms with Gasteiger partial charge in [0.05, 0.1) is 11.3 Å². The molecule has 1 atom stereocenters. The second kappa shape index (κ2) is 8.47. The number of carbonyl (C=O) groups is 1. The quantitative estimate of drug-likeness (QED) is 0.671. The molecule has 3 aromatic heterocycles. The fourth-order valence-electron chi connectivity index (χ4n) is 3.88. The first-order chi connectivity index (χ1) is 14.0. The minimum absolute atomic E-state index is 0.0260. The number of nitrogens with one attached hydrogen (secondary N) is 1. The molecule has 1 amide bonds. The van der Waals surface area contributed by atoms with Gasteiger partial charge in [-0.1, -0.05) is 11.2 Å². The lowest BCUT2D eigenvalue weighted by molar-refractivity contribution is 0.0938. The Morgan fingerprint density at radius 1 is 1.41 bits per heavy atom. The lowest BCUT2D eigenvalue weighted by Gasteiger charge is -2.27. The molecule has 0 radical (unpaired) electrons. The van der Waals surface area contributed by atoms with Crippen LogP contribution in [0.25, 0.3) is 0 Å². The summed E-state index contributed by atoms with van der Waals surface area (Å²) in [6.07, 6.45) is 5.28. The van der Waals surface area contributed by atoms with Gasteiger partial charge in [-0.2, -0.15) is 0 Å². The molecule has 1 N–H and O–H groups in total. The van der Waals surface area contributed by atoms with Crippen molar-refractivity contribution < 1.29 is 9.32 Å². The number of aromatic nitrogens is 2. The van der Waals surface area contributed by atoms with Crippen LogP contribution in [0.4, 0.5) is 0 Å². The zero-order chi connectivity index (χ0) is 20.4. The lowest BCUT2D eigenvalue weighted by atomic mass is 10.0. The molecule has 1 aliphatic heterocycles. The van der Waals surface area contributed by atoms with E-state index in [2.05, 4.69) is 20.4 Å². The Kier molecular flexibility index (Phi) is 5.78. The summed E-state index contributed by atoms with van der Waals surface area (Å²) < 4.78 is 5.29. The minimum atomic E-state index is 0.0260. The molecule has 1 aliphatic rings. The summed E-state index contributed by atoms with van der Waals surface area (Å²) in [4.78, 5) is 20.7. The van der Waals surface area contributed by atoms with Gasteiger partial charge >= 0.3 is 0 Å². The van der Waals surface area contributed by atoms with E-state index in [4.69, 9.17) is 4.52 Å². The Hall–Kier alpha value is -2.51. The first kappa shape index (κ1) is 19.8. The van der Waals surface area contributed by atoms with E-state index in [1.54, 1.807) is 17.5 Å². The van der Waals surface area contributed by atoms with E-state index >= 15 is 0 Å². The number of carbonyl (C=O) groups excluding carboxylic acids is 1. The van der Waals surface area contributed by atoms with Gasteiger partial charge in [-0.15, -0.1) is 11.3 Å². The average molecular weight is 411 g/mol. The third-order valence-electron chi connectivity index (χ3n) is 5.48. The van der Waals surface area contributed by atoms with Gasteiger partial charge in [-0.25, -0.2) is 0 Å². The number of aryl methyl sites for hydroxylation is 2. The molecule has 0 spiro atoms. The standard InChI is InChI=1S/C22H26N4O2S/c1-14(9-17-5-4-7-23-10-17)24-22(27)20-13-29-21-12-26(8-6-18(20)21)11-19-15(2)25-28-16(19)3/h4-5,7,10,13-14H,6,8-9,11-12H2,1-3H3,(H,24,27)/t14-/m1/s1. The van der Waals surface area contributed by atoms with Gasteiger partial charge in [0.2, 0.25) is 0 Å². The molecule has 0 aliphatic carbocycles. The van der Waals surface area contributed by atoms with E-state index in [0.29, 0.717) is 0 Å². The molecule has 7 heteroatoms. The van der Waals surface area contributed by atoms with Gasteiger partial charge in [-0.05, 0) is 50.8 Å². The van der Waals surface area contributed by atoms with Crippen LogP contribution >= 0.6 is 11.3 Å². The predicted octanol–water partition coefficient (Wildman–Crippen LogP) is 3.67. The van der Waals surface area contributed by atoms with Gasteiger partial charge < -0.3 is 9.84 Å². The molecule has 29 heavy (non-hydrogen) atoms. The highest BCUT2D eigenvalue weighted by Gasteiger charge is 2.25. The van der Waals surface area contributed by atoms with Crippen LogP contribution < -0.4 is 5.32 Å². The Morgan fingerprint density at radius 2 is 2.28 bits per heavy atom. The zero-order valence-electron chi connectivity index (χ0n) is 17.1. The summed E-state index contributed by atoms with van der Waals surface area (Å²) in [6.45, 7) is 8.62. The molecule has 0 saturated heterocycles. The smallest absolute Gasteiger partial charge is 0.252 e. The molecule has 6 nitrogen and oxygen atoms in total. The second-order valence-electron chi connectivity index (χ2n) is 7.75. The van der Waals surface area contributed by atoms with Crippen molar-refractivity contribution in [2.75, 3.05) is 6.54 Å². The van der Waals surface area contributed by atoms with Crippen LogP contribution in [0.3, 0.4) is 0 Å². The summed E-state index contributed by atoms with van der Waals surface area (Å²) in [7, 11) is 0. The molecule has 4 rings (SSSR count). The monoisotopic (exact) mass is 410 g/mol. The number of amides is 1. The predicted molar refractivity (Wildman–Crippen MR) is 113 cm³/mol. The third-order valence-corrected chi connectivity index (χ3v) is 6.49. The van der Waals surface area contributed by atoms with Crippen molar-refractivity contribution in [2.24, 2.45) is 0 Å². The molecule has 4 heterocycles. The van der Waals surface area contributed by atoms with E-state index < -0.39 is 0 Å². The van der Waals surface area contributed by atoms with Crippen LogP contribution in [-0.2, 0) is 25.9 Å². The van der Waals surface area contributed by atoms with E-state index in [9.17, 15) is 4.79 Å². The van der Waals surface area contributed by atoms with Crippen molar-refractivity contribution in [2.45, 2.75) is 52.7 Å². The molecule has 0 unspecified atom stereocenters. The molecule has 0 saturated carbocycles. The largest absolute Gasteiger partial charge is 0.361 e. The van der Waals surface area contributed by atoms with E-state index in [1.807, 2.05) is 44.5 Å². The molecule has 0 fully saturated rings. The van der Waals surface area contributed by atoms with Gasteiger partial charge in [0.1, 0.15) is 5.76 Å². The highest BCUT2D eigenvalue weighted by atomic mass is 32.1. The number of fused-ring (bicyclic) bond motifs is 1. The maximum atomic E-state index is 12.9. The summed E-state index contributed by atoms with van der Waals surface area (Å²) in [5.41, 5.74) is 5.30. The van der Waals surface area contributed by atoms with Crippen molar-refractivity contribution >= 4 is 17.2 Å². The maximum absolute atomic E-state index is 12.9. The van der Waals surface area contributed by atoms with E-state index in [0.717, 1.165) is 55.1 Å². The fourth-order valence-corrected chi connectivity index (χ4v) is 5.00. The van der Waals surface area contributed by atoms with Crippen molar-refractivity contribution in [3.8, 4) is 0 Å². The molecular formula is C22H26N4O2S. The van der Waals surface area contributed by atoms with Crippen molar-refractivity contribution in [3.63, 3.8) is 0 Å². The first-order valence-electron chi connectivity index (χ1n) is 9.94. The Labute approximate surface area is 174 Å². The van der Waals surface area contributed by atoms with Crippen molar-refractivity contribution in [1.82, 2.24) is 20.4 Å². The van der Waals surface area contributed by atoms with Crippen LogP contribution in [-0.4, -0.2) is 33.5 Å². The lowest BCUT2D eigenvalue weighted by Crippen LogP contribution is -2.35. The van der Waals surface area contributed by atoms with Crippen molar-refractivity contribution in [3.05, 3.63) is 68.5 Å². The maximum Gasteiger partial charge on any atom is 0.252 e. The van der Waals surface area contributed by atoms with Gasteiger partial charge in [0.15, 0.2) is 0 Å². The Bertz CT molecular complexity index is 976. The normalized spacial score (nSPS) is 15.1. The number of nitrogens with zero attached hydrogens (tertiary/aromatic N) is 3. The zero-order valence-corrected chi connectivity index (χ0v) is 17.9. The summed E-state index contributed by atoms with van der Waals surface area (Å²) in [5, 5.41) is 9.21. The van der Waals surface area contributed by atoms with Gasteiger partial charge in [0, 0.05) is 53.9 Å². The van der Waals surface area contributed by atoms with Crippen LogP contribution in [0.5, 0.6) is 0 Å². The van der Waals surface area contributed by atoms with Crippen LogP contribution in [0.15, 0.2) is 34.4 Å². The topological polar surface area (TPSA) is 71.3 Å². The number of hydrogen-bond donors (Lipinski definition) is 1. The van der Waals surface area contributed by atoms with Crippen LogP contribution in [0.1, 0.15) is 50.3 Å². The molecule has 0 bridgehead atoms. The Morgan fingerprint density at radius 3 is 3.00 bits per heavy atom. The number of rotatable bonds is 6. The number of hydrogen-bond acceptors (Lipinski definition) is 6. The highest BCUT2D eigenvalue weighted by Crippen LogP contribution is 2.30. The Balaban J connectivity index is 1.39.